The number of hydrogen-bond donors (Lipinski definition) is 2. The Labute approximate surface area is 158 Å². The van der Waals surface area contributed by atoms with Crippen LogP contribution in [0.2, 0.25) is 0 Å². The highest BCUT2D eigenvalue weighted by atomic mass is 32.1. The lowest BCUT2D eigenvalue weighted by Gasteiger charge is -2.25. The van der Waals surface area contributed by atoms with E-state index in [4.69, 9.17) is 5.11 Å². The van der Waals surface area contributed by atoms with E-state index < -0.39 is 5.97 Å². The minimum absolute atomic E-state index is 0.306. The molecule has 2 N–H and O–H groups in total. The molecule has 1 aromatic heterocycles. The summed E-state index contributed by atoms with van der Waals surface area (Å²) in [5.41, 5.74) is 2.69. The number of rotatable bonds is 7. The second-order valence-corrected chi connectivity index (χ2v) is 7.97. The third kappa shape index (κ3) is 3.91. The Balaban J connectivity index is 1.72. The van der Waals surface area contributed by atoms with Gasteiger partial charge in [0.25, 0.3) is 0 Å². The molecule has 0 saturated carbocycles. The normalized spacial score (nSPS) is 13.5. The summed E-state index contributed by atoms with van der Waals surface area (Å²) in [4.78, 5) is 12.4. The smallest absolute Gasteiger partial charge is 0.335 e. The highest BCUT2D eigenvalue weighted by Gasteiger charge is 2.19. The first-order valence-electron chi connectivity index (χ1n) is 9.06. The molecular weight excluding hydrogens is 342 g/mol. The maximum Gasteiger partial charge on any atom is 0.335 e. The molecule has 4 heteroatoms. The van der Waals surface area contributed by atoms with Gasteiger partial charge in [-0.2, -0.15) is 0 Å². The van der Waals surface area contributed by atoms with Crippen LogP contribution in [0.15, 0.2) is 48.5 Å². The zero-order valence-electron chi connectivity index (χ0n) is 15.5. The predicted octanol–water partition coefficient (Wildman–Crippen LogP) is 5.98. The predicted molar refractivity (Wildman–Crippen MR) is 111 cm³/mol. The Hall–Kier alpha value is -2.33. The van der Waals surface area contributed by atoms with Crippen LogP contribution in [0, 0.1) is 12.8 Å². The standard InChI is InChI=1S/C22H25NO2S/c1-4-16(13-21-14(2)19-7-5-6-8-20(19)26-21)15(3)23-18-11-9-17(10-12-18)22(24)25/h5-12,15-16,23H,4,13H2,1-3H3,(H,24,25). The first kappa shape index (κ1) is 18.5. The van der Waals surface area contributed by atoms with Gasteiger partial charge in [0.15, 0.2) is 0 Å². The van der Waals surface area contributed by atoms with E-state index in [1.165, 1.54) is 20.5 Å². The third-order valence-electron chi connectivity index (χ3n) is 5.15. The van der Waals surface area contributed by atoms with Gasteiger partial charge >= 0.3 is 5.97 Å². The van der Waals surface area contributed by atoms with E-state index in [2.05, 4.69) is 50.4 Å². The number of nitrogens with one attached hydrogen (secondary N) is 1. The lowest BCUT2D eigenvalue weighted by Crippen LogP contribution is -2.27. The minimum Gasteiger partial charge on any atom is -0.478 e. The molecule has 0 radical (unpaired) electrons. The summed E-state index contributed by atoms with van der Waals surface area (Å²) in [6.45, 7) is 6.67. The Morgan fingerprint density at radius 1 is 1.15 bits per heavy atom. The highest BCUT2D eigenvalue weighted by Crippen LogP contribution is 2.33. The molecule has 3 nitrogen and oxygen atoms in total. The second kappa shape index (κ2) is 7.92. The topological polar surface area (TPSA) is 49.3 Å². The Morgan fingerprint density at radius 2 is 1.85 bits per heavy atom. The van der Waals surface area contributed by atoms with Crippen molar-refractivity contribution < 1.29 is 9.90 Å². The number of carbonyl (C=O) groups is 1. The molecule has 0 aliphatic carbocycles. The SMILES string of the molecule is CCC(Cc1sc2ccccc2c1C)C(C)Nc1ccc(C(=O)O)cc1. The van der Waals surface area contributed by atoms with Crippen LogP contribution < -0.4 is 5.32 Å². The van der Waals surface area contributed by atoms with Crippen molar-refractivity contribution in [3.63, 3.8) is 0 Å². The fraction of sp³-hybridized carbons (Fsp3) is 0.318. The molecule has 2 atom stereocenters. The van der Waals surface area contributed by atoms with Crippen LogP contribution >= 0.6 is 11.3 Å². The van der Waals surface area contributed by atoms with Crippen LogP contribution in [0.4, 0.5) is 5.69 Å². The van der Waals surface area contributed by atoms with Crippen LogP contribution in [0.1, 0.15) is 41.1 Å². The maximum absolute atomic E-state index is 11.0. The van der Waals surface area contributed by atoms with E-state index in [1.54, 1.807) is 12.1 Å². The molecule has 0 saturated heterocycles. The van der Waals surface area contributed by atoms with E-state index >= 15 is 0 Å². The van der Waals surface area contributed by atoms with Crippen molar-refractivity contribution in [2.24, 2.45) is 5.92 Å². The molecule has 26 heavy (non-hydrogen) atoms. The van der Waals surface area contributed by atoms with Crippen molar-refractivity contribution in [1.82, 2.24) is 0 Å². The Kier molecular flexibility index (Phi) is 5.62. The monoisotopic (exact) mass is 367 g/mol. The summed E-state index contributed by atoms with van der Waals surface area (Å²) in [6.07, 6.45) is 2.15. The number of aromatic carboxylic acids is 1. The largest absolute Gasteiger partial charge is 0.478 e. The molecular formula is C22H25NO2S. The zero-order chi connectivity index (χ0) is 18.7. The van der Waals surface area contributed by atoms with Crippen LogP contribution in [0.3, 0.4) is 0 Å². The number of thiophene rings is 1. The number of aryl methyl sites for hydroxylation is 1. The molecule has 3 rings (SSSR count). The average molecular weight is 368 g/mol. The molecule has 0 fully saturated rings. The van der Waals surface area contributed by atoms with Gasteiger partial charge in [0.2, 0.25) is 0 Å². The zero-order valence-corrected chi connectivity index (χ0v) is 16.3. The third-order valence-corrected chi connectivity index (χ3v) is 6.44. The number of carboxylic acids is 1. The number of fused-ring (bicyclic) bond motifs is 1. The van der Waals surface area contributed by atoms with Crippen LogP contribution in [0.25, 0.3) is 10.1 Å². The Morgan fingerprint density at radius 3 is 2.46 bits per heavy atom. The summed E-state index contributed by atoms with van der Waals surface area (Å²) in [6, 6.07) is 15.9. The van der Waals surface area contributed by atoms with Crippen molar-refractivity contribution in [2.45, 2.75) is 39.7 Å². The lowest BCUT2D eigenvalue weighted by atomic mass is 9.92. The average Bonchev–Trinajstić information content (AvgIpc) is 2.96. The molecule has 2 unspecified atom stereocenters. The van der Waals surface area contributed by atoms with Gasteiger partial charge in [-0.1, -0.05) is 31.5 Å². The molecule has 136 valence electrons. The fourth-order valence-electron chi connectivity index (χ4n) is 3.42. The van der Waals surface area contributed by atoms with E-state index in [-0.39, 0.29) is 0 Å². The molecule has 0 spiro atoms. The molecule has 3 aromatic rings. The van der Waals surface area contributed by atoms with Crippen molar-refractivity contribution in [3.8, 4) is 0 Å². The van der Waals surface area contributed by atoms with Gasteiger partial charge in [-0.25, -0.2) is 4.79 Å². The second-order valence-electron chi connectivity index (χ2n) is 6.83. The van der Waals surface area contributed by atoms with Gasteiger partial charge in [-0.05, 0) is 67.5 Å². The molecule has 1 heterocycles. The van der Waals surface area contributed by atoms with Gasteiger partial charge in [-0.3, -0.25) is 0 Å². The van der Waals surface area contributed by atoms with Gasteiger partial charge in [-0.15, -0.1) is 11.3 Å². The van der Waals surface area contributed by atoms with Crippen LogP contribution in [-0.2, 0) is 6.42 Å². The fourth-order valence-corrected chi connectivity index (χ4v) is 4.73. The van der Waals surface area contributed by atoms with Crippen LogP contribution in [0.5, 0.6) is 0 Å². The van der Waals surface area contributed by atoms with Crippen molar-refractivity contribution in [2.75, 3.05) is 5.32 Å². The summed E-state index contributed by atoms with van der Waals surface area (Å²) in [5, 5.41) is 13.9. The Bertz CT molecular complexity index is 898. The van der Waals surface area contributed by atoms with Crippen molar-refractivity contribution in [3.05, 3.63) is 64.5 Å². The van der Waals surface area contributed by atoms with Crippen LogP contribution in [-0.4, -0.2) is 17.1 Å². The lowest BCUT2D eigenvalue weighted by molar-refractivity contribution is 0.0697. The molecule has 0 amide bonds. The van der Waals surface area contributed by atoms with Gasteiger partial charge in [0.05, 0.1) is 5.56 Å². The number of carboxylic acid groups (broad SMARTS) is 1. The van der Waals surface area contributed by atoms with Gasteiger partial charge in [0.1, 0.15) is 0 Å². The maximum atomic E-state index is 11.0. The van der Waals surface area contributed by atoms with Gasteiger partial charge < -0.3 is 10.4 Å². The molecule has 0 aliphatic rings. The van der Waals surface area contributed by atoms with E-state index in [9.17, 15) is 4.79 Å². The molecule has 0 bridgehead atoms. The highest BCUT2D eigenvalue weighted by molar-refractivity contribution is 7.19. The number of anilines is 1. The number of benzene rings is 2. The van der Waals surface area contributed by atoms with Crippen molar-refractivity contribution >= 4 is 33.1 Å². The summed E-state index contributed by atoms with van der Waals surface area (Å²) < 4.78 is 1.36. The summed E-state index contributed by atoms with van der Waals surface area (Å²) in [7, 11) is 0. The molecule has 2 aromatic carbocycles. The first-order valence-corrected chi connectivity index (χ1v) is 9.88. The van der Waals surface area contributed by atoms with Crippen molar-refractivity contribution in [1.29, 1.82) is 0 Å². The summed E-state index contributed by atoms with van der Waals surface area (Å²) in [5.74, 6) is -0.378. The van der Waals surface area contributed by atoms with E-state index in [0.29, 0.717) is 17.5 Å². The first-order chi connectivity index (χ1) is 12.5. The number of hydrogen-bond acceptors (Lipinski definition) is 3. The summed E-state index contributed by atoms with van der Waals surface area (Å²) >= 11 is 1.90. The minimum atomic E-state index is -0.892. The van der Waals surface area contributed by atoms with E-state index in [0.717, 1.165) is 18.5 Å². The van der Waals surface area contributed by atoms with E-state index in [1.807, 2.05) is 23.5 Å². The van der Waals surface area contributed by atoms with Gasteiger partial charge in [0, 0.05) is 21.3 Å². The quantitative estimate of drug-likeness (QED) is 0.540. The molecule has 0 aliphatic heterocycles.